The fraction of sp³-hybridized carbons (Fsp3) is 0.500. The first-order valence-electron chi connectivity index (χ1n) is 6.22. The van der Waals surface area contributed by atoms with Crippen LogP contribution in [0.15, 0.2) is 18.2 Å². The number of hydrogen-bond acceptors (Lipinski definition) is 2. The van der Waals surface area contributed by atoms with Crippen molar-refractivity contribution in [3.05, 3.63) is 29.3 Å². The van der Waals surface area contributed by atoms with E-state index in [4.69, 9.17) is 4.74 Å². The molecule has 0 N–H and O–H groups in total. The summed E-state index contributed by atoms with van der Waals surface area (Å²) in [7, 11) is 0. The van der Waals surface area contributed by atoms with Crippen LogP contribution >= 0.6 is 0 Å². The largest absolute Gasteiger partial charge is 0.493 e. The number of Topliss-reactive ketones (excluding diaryl/α,β-unsaturated/α-hetero) is 1. The molecule has 0 amide bonds. The van der Waals surface area contributed by atoms with Gasteiger partial charge in [-0.2, -0.15) is 13.2 Å². The summed E-state index contributed by atoms with van der Waals surface area (Å²) in [6.45, 7) is 1.66. The number of halogens is 3. The van der Waals surface area contributed by atoms with Crippen LogP contribution in [-0.2, 0) is 6.18 Å². The smallest absolute Gasteiger partial charge is 0.416 e. The molecular weight excluding hydrogens is 257 g/mol. The molecule has 104 valence electrons. The Balaban J connectivity index is 2.20. The molecule has 0 radical (unpaired) electrons. The highest BCUT2D eigenvalue weighted by Gasteiger charge is 2.32. The van der Waals surface area contributed by atoms with Crippen molar-refractivity contribution in [2.75, 3.05) is 6.61 Å². The van der Waals surface area contributed by atoms with E-state index in [1.807, 2.05) is 0 Å². The van der Waals surface area contributed by atoms with Crippen LogP contribution in [-0.4, -0.2) is 12.4 Å². The van der Waals surface area contributed by atoms with E-state index in [1.54, 1.807) is 0 Å². The van der Waals surface area contributed by atoms with Crippen molar-refractivity contribution in [1.29, 1.82) is 0 Å². The average molecular weight is 272 g/mol. The zero-order valence-corrected chi connectivity index (χ0v) is 10.6. The van der Waals surface area contributed by atoms with Crippen LogP contribution in [0.3, 0.4) is 0 Å². The van der Waals surface area contributed by atoms with Crippen LogP contribution in [0.1, 0.15) is 42.1 Å². The minimum Gasteiger partial charge on any atom is -0.493 e. The lowest BCUT2D eigenvalue weighted by Gasteiger charge is -2.25. The van der Waals surface area contributed by atoms with Crippen molar-refractivity contribution >= 4 is 5.78 Å². The van der Waals surface area contributed by atoms with E-state index < -0.39 is 17.5 Å². The summed E-state index contributed by atoms with van der Waals surface area (Å²) in [5.74, 6) is 0.141. The molecule has 1 aromatic carbocycles. The van der Waals surface area contributed by atoms with Gasteiger partial charge in [0.2, 0.25) is 0 Å². The molecule has 0 bridgehead atoms. The number of rotatable bonds is 4. The molecule has 0 spiro atoms. The molecule has 0 aromatic heterocycles. The van der Waals surface area contributed by atoms with Crippen molar-refractivity contribution < 1.29 is 22.7 Å². The Morgan fingerprint density at radius 1 is 1.32 bits per heavy atom. The molecule has 1 aliphatic rings. The first-order valence-corrected chi connectivity index (χ1v) is 6.22. The summed E-state index contributed by atoms with van der Waals surface area (Å²) in [4.78, 5) is 11.3. The molecule has 2 rings (SSSR count). The molecule has 0 atom stereocenters. The minimum atomic E-state index is -4.47. The SMILES string of the molecule is CC(=O)c1cc(OCC2CCC2)cc(C(F)(F)F)c1. The van der Waals surface area contributed by atoms with E-state index in [1.165, 1.54) is 13.0 Å². The molecule has 1 aromatic rings. The summed E-state index contributed by atoms with van der Waals surface area (Å²) in [5.41, 5.74) is -0.817. The maximum absolute atomic E-state index is 12.7. The first kappa shape index (κ1) is 13.9. The van der Waals surface area contributed by atoms with Crippen molar-refractivity contribution in [1.82, 2.24) is 0 Å². The Morgan fingerprint density at radius 2 is 2.00 bits per heavy atom. The molecule has 1 aliphatic carbocycles. The number of benzene rings is 1. The quantitative estimate of drug-likeness (QED) is 0.772. The van der Waals surface area contributed by atoms with Crippen LogP contribution < -0.4 is 4.74 Å². The predicted molar refractivity (Wildman–Crippen MR) is 64.3 cm³/mol. The van der Waals surface area contributed by atoms with Gasteiger partial charge < -0.3 is 4.74 Å². The second-order valence-electron chi connectivity index (χ2n) is 4.91. The van der Waals surface area contributed by atoms with Gasteiger partial charge in [-0.1, -0.05) is 6.42 Å². The van der Waals surface area contributed by atoms with Gasteiger partial charge in [-0.25, -0.2) is 0 Å². The minimum absolute atomic E-state index is 0.0263. The summed E-state index contributed by atoms with van der Waals surface area (Å²) < 4.78 is 43.5. The molecule has 1 saturated carbocycles. The summed E-state index contributed by atoms with van der Waals surface area (Å²) in [6.07, 6.45) is -1.22. The van der Waals surface area contributed by atoms with Gasteiger partial charge in [0.25, 0.3) is 0 Å². The highest BCUT2D eigenvalue weighted by atomic mass is 19.4. The van der Waals surface area contributed by atoms with Gasteiger partial charge in [0.05, 0.1) is 12.2 Å². The van der Waals surface area contributed by atoms with Gasteiger partial charge in [0, 0.05) is 5.56 Å². The van der Waals surface area contributed by atoms with Crippen LogP contribution in [0.25, 0.3) is 0 Å². The Morgan fingerprint density at radius 3 is 2.47 bits per heavy atom. The van der Waals surface area contributed by atoms with Gasteiger partial charge in [-0.05, 0) is 43.9 Å². The molecule has 19 heavy (non-hydrogen) atoms. The highest BCUT2D eigenvalue weighted by molar-refractivity contribution is 5.94. The van der Waals surface area contributed by atoms with Crippen LogP contribution in [0.5, 0.6) is 5.75 Å². The van der Waals surface area contributed by atoms with Gasteiger partial charge in [0.15, 0.2) is 5.78 Å². The van der Waals surface area contributed by atoms with Gasteiger partial charge in [-0.3, -0.25) is 4.79 Å². The Kier molecular flexibility index (Phi) is 3.83. The fourth-order valence-electron chi connectivity index (χ4n) is 1.92. The third-order valence-corrected chi connectivity index (χ3v) is 3.35. The number of ketones is 1. The van der Waals surface area contributed by atoms with Gasteiger partial charge in [-0.15, -0.1) is 0 Å². The van der Waals surface area contributed by atoms with Crippen molar-refractivity contribution in [2.45, 2.75) is 32.4 Å². The fourth-order valence-corrected chi connectivity index (χ4v) is 1.92. The number of carbonyl (C=O) groups is 1. The monoisotopic (exact) mass is 272 g/mol. The molecule has 1 fully saturated rings. The lowest BCUT2D eigenvalue weighted by atomic mass is 9.86. The molecule has 2 nitrogen and oxygen atoms in total. The van der Waals surface area contributed by atoms with E-state index in [-0.39, 0.29) is 11.3 Å². The number of ether oxygens (including phenoxy) is 1. The lowest BCUT2D eigenvalue weighted by Crippen LogP contribution is -2.19. The summed E-state index contributed by atoms with van der Waals surface area (Å²) >= 11 is 0. The normalized spacial score (nSPS) is 16.0. The zero-order valence-electron chi connectivity index (χ0n) is 10.6. The third-order valence-electron chi connectivity index (χ3n) is 3.35. The standard InChI is InChI=1S/C14H15F3O2/c1-9(18)11-5-12(14(15,16)17)7-13(6-11)19-8-10-3-2-4-10/h5-7,10H,2-4,8H2,1H3. The van der Waals surface area contributed by atoms with E-state index in [2.05, 4.69) is 0 Å². The third kappa shape index (κ3) is 3.49. The maximum Gasteiger partial charge on any atom is 0.416 e. The molecule has 5 heteroatoms. The highest BCUT2D eigenvalue weighted by Crippen LogP contribution is 2.33. The molecule has 0 heterocycles. The van der Waals surface area contributed by atoms with E-state index >= 15 is 0 Å². The molecule has 0 unspecified atom stereocenters. The second-order valence-corrected chi connectivity index (χ2v) is 4.91. The number of alkyl halides is 3. The number of hydrogen-bond donors (Lipinski definition) is 0. The predicted octanol–water partition coefficient (Wildman–Crippen LogP) is 4.09. The van der Waals surface area contributed by atoms with Crippen molar-refractivity contribution in [3.63, 3.8) is 0 Å². The van der Waals surface area contributed by atoms with Crippen LogP contribution in [0, 0.1) is 5.92 Å². The van der Waals surface area contributed by atoms with Gasteiger partial charge in [0.1, 0.15) is 5.75 Å². The van der Waals surface area contributed by atoms with Crippen LogP contribution in [0.4, 0.5) is 13.2 Å². The zero-order chi connectivity index (χ0) is 14.0. The molecular formula is C14H15F3O2. The number of carbonyl (C=O) groups excluding carboxylic acids is 1. The van der Waals surface area contributed by atoms with Crippen LogP contribution in [0.2, 0.25) is 0 Å². The molecule has 0 saturated heterocycles. The lowest BCUT2D eigenvalue weighted by molar-refractivity contribution is -0.137. The van der Waals surface area contributed by atoms with E-state index in [0.29, 0.717) is 12.5 Å². The van der Waals surface area contributed by atoms with Gasteiger partial charge >= 0.3 is 6.18 Å². The topological polar surface area (TPSA) is 26.3 Å². The van der Waals surface area contributed by atoms with E-state index in [0.717, 1.165) is 31.4 Å². The summed E-state index contributed by atoms with van der Waals surface area (Å²) in [6, 6.07) is 3.18. The maximum atomic E-state index is 12.7. The second kappa shape index (κ2) is 5.23. The van der Waals surface area contributed by atoms with Crippen molar-refractivity contribution in [3.8, 4) is 5.75 Å². The van der Waals surface area contributed by atoms with Crippen molar-refractivity contribution in [2.24, 2.45) is 5.92 Å². The molecule has 0 aliphatic heterocycles. The van der Waals surface area contributed by atoms with E-state index in [9.17, 15) is 18.0 Å². The Hall–Kier alpha value is -1.52. The summed E-state index contributed by atoms with van der Waals surface area (Å²) in [5, 5.41) is 0. The Labute approximate surface area is 109 Å². The Bertz CT molecular complexity index is 476. The first-order chi connectivity index (χ1) is 8.86. The average Bonchev–Trinajstić information content (AvgIpc) is 2.25.